The average molecular weight is 330 g/mol. The van der Waals surface area contributed by atoms with Crippen LogP contribution in [0.2, 0.25) is 0 Å². The topological polar surface area (TPSA) is 71.3 Å². The van der Waals surface area contributed by atoms with E-state index in [1.807, 2.05) is 20.8 Å². The number of amides is 1. The predicted octanol–water partition coefficient (Wildman–Crippen LogP) is 4.02. The minimum absolute atomic E-state index is 0.0130. The summed E-state index contributed by atoms with van der Waals surface area (Å²) in [6.45, 7) is 6.24. The molecule has 1 aliphatic carbocycles. The smallest absolute Gasteiger partial charge is 0.256 e. The Morgan fingerprint density at radius 2 is 2.04 bits per heavy atom. The number of nitrogens with zero attached hydrogens (tertiary/aromatic N) is 1. The molecule has 0 radical (unpaired) electrons. The fraction of sp³-hybridized carbons (Fsp3) is 0.579. The van der Waals surface area contributed by atoms with Gasteiger partial charge in [0.2, 0.25) is 0 Å². The first-order valence-electron chi connectivity index (χ1n) is 8.67. The van der Waals surface area contributed by atoms with Crippen molar-refractivity contribution in [2.45, 2.75) is 64.6 Å². The maximum atomic E-state index is 12.8. The number of hydrogen-bond donors (Lipinski definition) is 1. The van der Waals surface area contributed by atoms with Gasteiger partial charge in [-0.1, -0.05) is 19.3 Å². The first-order chi connectivity index (χ1) is 11.5. The number of carbonyl (C=O) groups is 1. The molecule has 1 aromatic carbocycles. The van der Waals surface area contributed by atoms with Gasteiger partial charge < -0.3 is 14.8 Å². The molecule has 0 unspecified atom stereocenters. The van der Waals surface area contributed by atoms with Gasteiger partial charge in [0.25, 0.3) is 5.91 Å². The molecule has 1 N–H and O–H groups in total. The molecule has 2 rings (SSSR count). The van der Waals surface area contributed by atoms with Crippen LogP contribution in [0.5, 0.6) is 5.75 Å². The number of ether oxygens (including phenoxy) is 2. The van der Waals surface area contributed by atoms with E-state index in [1.54, 1.807) is 18.2 Å². The van der Waals surface area contributed by atoms with Crippen LogP contribution in [0.3, 0.4) is 0 Å². The Hall–Kier alpha value is -2.06. The van der Waals surface area contributed by atoms with Crippen molar-refractivity contribution in [3.8, 4) is 11.8 Å². The molecule has 24 heavy (non-hydrogen) atoms. The van der Waals surface area contributed by atoms with Crippen LogP contribution in [-0.2, 0) is 9.53 Å². The number of rotatable bonds is 6. The SMILES string of the molecule is CCOC1(C(=O)Nc2ccc(OC(C)C)c(C#N)c2)CCCCC1. The Bertz CT molecular complexity index is 608. The fourth-order valence-electron chi connectivity index (χ4n) is 3.13. The maximum Gasteiger partial charge on any atom is 0.256 e. The van der Waals surface area contributed by atoms with Crippen molar-refractivity contribution >= 4 is 11.6 Å². The first-order valence-corrected chi connectivity index (χ1v) is 8.67. The van der Waals surface area contributed by atoms with E-state index in [0.29, 0.717) is 23.6 Å². The Morgan fingerprint density at radius 1 is 1.33 bits per heavy atom. The normalized spacial score (nSPS) is 16.5. The number of nitriles is 1. The Morgan fingerprint density at radius 3 is 2.62 bits per heavy atom. The second-order valence-electron chi connectivity index (χ2n) is 6.43. The van der Waals surface area contributed by atoms with Crippen molar-refractivity contribution in [2.24, 2.45) is 0 Å². The lowest BCUT2D eigenvalue weighted by Crippen LogP contribution is -2.47. The van der Waals surface area contributed by atoms with E-state index in [4.69, 9.17) is 9.47 Å². The number of nitrogens with one attached hydrogen (secondary N) is 1. The van der Waals surface area contributed by atoms with Crippen molar-refractivity contribution < 1.29 is 14.3 Å². The number of benzene rings is 1. The van der Waals surface area contributed by atoms with Gasteiger partial charge in [-0.3, -0.25) is 4.79 Å². The molecule has 1 amide bonds. The summed E-state index contributed by atoms with van der Waals surface area (Å²) in [6, 6.07) is 7.26. The van der Waals surface area contributed by atoms with E-state index in [-0.39, 0.29) is 12.0 Å². The summed E-state index contributed by atoms with van der Waals surface area (Å²) in [5, 5.41) is 12.2. The van der Waals surface area contributed by atoms with Crippen LogP contribution in [0.25, 0.3) is 0 Å². The van der Waals surface area contributed by atoms with E-state index < -0.39 is 5.60 Å². The molecule has 130 valence electrons. The van der Waals surface area contributed by atoms with Crippen LogP contribution in [0, 0.1) is 11.3 Å². The quantitative estimate of drug-likeness (QED) is 0.855. The van der Waals surface area contributed by atoms with Gasteiger partial charge >= 0.3 is 0 Å². The zero-order valence-corrected chi connectivity index (χ0v) is 14.7. The third-order valence-corrected chi connectivity index (χ3v) is 4.22. The van der Waals surface area contributed by atoms with Crippen molar-refractivity contribution in [1.29, 1.82) is 5.26 Å². The minimum Gasteiger partial charge on any atom is -0.490 e. The second-order valence-corrected chi connectivity index (χ2v) is 6.43. The van der Waals surface area contributed by atoms with E-state index in [2.05, 4.69) is 11.4 Å². The minimum atomic E-state index is -0.743. The maximum absolute atomic E-state index is 12.8. The molecule has 5 heteroatoms. The molecule has 0 heterocycles. The number of hydrogen-bond acceptors (Lipinski definition) is 4. The van der Waals surface area contributed by atoms with Gasteiger partial charge in [0.05, 0.1) is 11.7 Å². The summed E-state index contributed by atoms with van der Waals surface area (Å²) in [5.41, 5.74) is 0.264. The average Bonchev–Trinajstić information content (AvgIpc) is 2.56. The van der Waals surface area contributed by atoms with E-state index in [0.717, 1.165) is 32.1 Å². The monoisotopic (exact) mass is 330 g/mol. The summed E-state index contributed by atoms with van der Waals surface area (Å²) in [4.78, 5) is 12.8. The Labute approximate surface area is 144 Å². The summed E-state index contributed by atoms with van der Waals surface area (Å²) in [6.07, 6.45) is 4.61. The Balaban J connectivity index is 2.17. The molecule has 0 aromatic heterocycles. The summed E-state index contributed by atoms with van der Waals surface area (Å²) in [5.74, 6) is 0.410. The largest absolute Gasteiger partial charge is 0.490 e. The molecule has 5 nitrogen and oxygen atoms in total. The van der Waals surface area contributed by atoms with Crippen LogP contribution in [0.15, 0.2) is 18.2 Å². The van der Waals surface area contributed by atoms with Crippen molar-refractivity contribution in [3.63, 3.8) is 0 Å². The van der Waals surface area contributed by atoms with Crippen LogP contribution >= 0.6 is 0 Å². The molecule has 0 atom stereocenters. The zero-order valence-electron chi connectivity index (χ0n) is 14.7. The van der Waals surface area contributed by atoms with Crippen LogP contribution < -0.4 is 10.1 Å². The molecule has 1 aliphatic rings. The van der Waals surface area contributed by atoms with Gasteiger partial charge in [0, 0.05) is 12.3 Å². The summed E-state index contributed by atoms with van der Waals surface area (Å²) < 4.78 is 11.4. The summed E-state index contributed by atoms with van der Waals surface area (Å²) in [7, 11) is 0. The number of anilines is 1. The van der Waals surface area contributed by atoms with Gasteiger partial charge in [-0.15, -0.1) is 0 Å². The van der Waals surface area contributed by atoms with Gasteiger partial charge in [-0.25, -0.2) is 0 Å². The van der Waals surface area contributed by atoms with E-state index in [1.165, 1.54) is 0 Å². The van der Waals surface area contributed by atoms with Crippen molar-refractivity contribution in [2.75, 3.05) is 11.9 Å². The molecule has 1 fully saturated rings. The van der Waals surface area contributed by atoms with Gasteiger partial charge in [0.15, 0.2) is 0 Å². The van der Waals surface area contributed by atoms with Crippen molar-refractivity contribution in [1.82, 2.24) is 0 Å². The molecule has 1 aromatic rings. The highest BCUT2D eigenvalue weighted by Gasteiger charge is 2.40. The predicted molar refractivity (Wildman–Crippen MR) is 93.0 cm³/mol. The molecule has 0 aliphatic heterocycles. The molecular weight excluding hydrogens is 304 g/mol. The highest BCUT2D eigenvalue weighted by Crippen LogP contribution is 2.33. The lowest BCUT2D eigenvalue weighted by molar-refractivity contribution is -0.145. The van der Waals surface area contributed by atoms with Crippen molar-refractivity contribution in [3.05, 3.63) is 23.8 Å². The molecule has 0 spiro atoms. The third-order valence-electron chi connectivity index (χ3n) is 4.22. The third kappa shape index (κ3) is 4.27. The van der Waals surface area contributed by atoms with Gasteiger partial charge in [-0.05, 0) is 51.8 Å². The Kier molecular flexibility index (Phi) is 6.22. The fourth-order valence-corrected chi connectivity index (χ4v) is 3.13. The molecular formula is C19H26N2O3. The number of carbonyl (C=O) groups excluding carboxylic acids is 1. The highest BCUT2D eigenvalue weighted by atomic mass is 16.5. The van der Waals surface area contributed by atoms with E-state index in [9.17, 15) is 10.1 Å². The van der Waals surface area contributed by atoms with Gasteiger partial charge in [-0.2, -0.15) is 5.26 Å². The zero-order chi connectivity index (χ0) is 17.6. The highest BCUT2D eigenvalue weighted by molar-refractivity contribution is 5.97. The molecule has 0 saturated heterocycles. The second kappa shape index (κ2) is 8.16. The lowest BCUT2D eigenvalue weighted by Gasteiger charge is -2.35. The standard InChI is InChI=1S/C19H26N2O3/c1-4-23-19(10-6-5-7-11-19)18(22)21-16-8-9-17(24-14(2)3)15(12-16)13-20/h8-9,12,14H,4-7,10-11H2,1-3H3,(H,21,22). The summed E-state index contributed by atoms with van der Waals surface area (Å²) >= 11 is 0. The van der Waals surface area contributed by atoms with Crippen LogP contribution in [-0.4, -0.2) is 24.2 Å². The van der Waals surface area contributed by atoms with Gasteiger partial charge in [0.1, 0.15) is 17.4 Å². The van der Waals surface area contributed by atoms with E-state index >= 15 is 0 Å². The first kappa shape index (κ1) is 18.3. The van der Waals surface area contributed by atoms with Crippen LogP contribution in [0.1, 0.15) is 58.4 Å². The molecule has 0 bridgehead atoms. The lowest BCUT2D eigenvalue weighted by atomic mass is 9.83. The van der Waals surface area contributed by atoms with Crippen LogP contribution in [0.4, 0.5) is 5.69 Å². The molecule has 1 saturated carbocycles.